The van der Waals surface area contributed by atoms with Crippen molar-refractivity contribution in [3.63, 3.8) is 0 Å². The Balaban J connectivity index is 1.77. The molecule has 2 bridgehead atoms. The van der Waals surface area contributed by atoms with Gasteiger partial charge in [0.2, 0.25) is 5.91 Å². The summed E-state index contributed by atoms with van der Waals surface area (Å²) in [5, 5.41) is 20.8. The van der Waals surface area contributed by atoms with Crippen LogP contribution in [0.2, 0.25) is 0 Å². The number of rotatable bonds is 3. The molecule has 2 aliphatic rings. The first kappa shape index (κ1) is 13.4. The molecule has 1 fully saturated rings. The highest BCUT2D eigenvalue weighted by atomic mass is 16.4. The van der Waals surface area contributed by atoms with Crippen molar-refractivity contribution in [3.05, 3.63) is 42.0 Å². The van der Waals surface area contributed by atoms with Crippen LogP contribution in [0, 0.1) is 35.0 Å². The number of amides is 1. The van der Waals surface area contributed by atoms with Gasteiger partial charge in [0.1, 0.15) is 0 Å². The van der Waals surface area contributed by atoms with Crippen LogP contribution < -0.4 is 5.32 Å². The zero-order valence-electron chi connectivity index (χ0n) is 11.2. The Morgan fingerprint density at radius 1 is 1.14 bits per heavy atom. The van der Waals surface area contributed by atoms with Crippen LogP contribution in [0.4, 0.5) is 5.69 Å². The molecule has 1 aromatic rings. The van der Waals surface area contributed by atoms with Crippen molar-refractivity contribution < 1.29 is 14.7 Å². The zero-order valence-corrected chi connectivity index (χ0v) is 11.2. The fourth-order valence-corrected chi connectivity index (χ4v) is 3.37. The molecular formula is C16H14N2O3. The lowest BCUT2D eigenvalue weighted by Gasteiger charge is -2.23. The maximum atomic E-state index is 12.4. The van der Waals surface area contributed by atoms with Crippen LogP contribution in [0.1, 0.15) is 12.0 Å². The van der Waals surface area contributed by atoms with Gasteiger partial charge in [-0.15, -0.1) is 0 Å². The maximum absolute atomic E-state index is 12.4. The van der Waals surface area contributed by atoms with Gasteiger partial charge in [0.05, 0.1) is 23.5 Å². The summed E-state index contributed by atoms with van der Waals surface area (Å²) in [4.78, 5) is 23.8. The molecule has 106 valence electrons. The number of allylic oxidation sites excluding steroid dienone is 2. The lowest BCUT2D eigenvalue weighted by molar-refractivity contribution is -0.146. The van der Waals surface area contributed by atoms with Gasteiger partial charge in [-0.25, -0.2) is 0 Å². The summed E-state index contributed by atoms with van der Waals surface area (Å²) in [6.45, 7) is 0. The third-order valence-electron chi connectivity index (χ3n) is 4.33. The largest absolute Gasteiger partial charge is 0.481 e. The Morgan fingerprint density at radius 2 is 1.76 bits per heavy atom. The van der Waals surface area contributed by atoms with Gasteiger partial charge in [0.15, 0.2) is 0 Å². The van der Waals surface area contributed by atoms with Crippen LogP contribution in [0.5, 0.6) is 0 Å². The second-order valence-electron chi connectivity index (χ2n) is 5.52. The normalized spacial score (nSPS) is 29.1. The molecule has 21 heavy (non-hydrogen) atoms. The topological polar surface area (TPSA) is 90.2 Å². The van der Waals surface area contributed by atoms with Crippen molar-refractivity contribution in [1.29, 1.82) is 5.26 Å². The molecule has 0 radical (unpaired) electrons. The highest BCUT2D eigenvalue weighted by Gasteiger charge is 2.51. The Kier molecular flexibility index (Phi) is 3.22. The van der Waals surface area contributed by atoms with E-state index in [-0.39, 0.29) is 17.7 Å². The number of carbonyl (C=O) groups is 2. The van der Waals surface area contributed by atoms with Gasteiger partial charge in [-0.1, -0.05) is 12.2 Å². The lowest BCUT2D eigenvalue weighted by atomic mass is 9.82. The lowest BCUT2D eigenvalue weighted by Crippen LogP contribution is -2.36. The molecule has 2 N–H and O–H groups in total. The van der Waals surface area contributed by atoms with Crippen LogP contribution in [0.25, 0.3) is 0 Å². The number of nitrogens with one attached hydrogen (secondary N) is 1. The van der Waals surface area contributed by atoms with Crippen molar-refractivity contribution in [1.82, 2.24) is 0 Å². The van der Waals surface area contributed by atoms with E-state index in [0.29, 0.717) is 11.3 Å². The number of aliphatic carboxylic acids is 1. The Morgan fingerprint density at radius 3 is 2.33 bits per heavy atom. The Labute approximate surface area is 121 Å². The number of hydrogen-bond acceptors (Lipinski definition) is 3. The summed E-state index contributed by atoms with van der Waals surface area (Å²) in [5.41, 5.74) is 1.09. The van der Waals surface area contributed by atoms with Crippen LogP contribution in [-0.2, 0) is 9.59 Å². The fourth-order valence-electron chi connectivity index (χ4n) is 3.37. The minimum absolute atomic E-state index is 0.00878. The average molecular weight is 282 g/mol. The first-order chi connectivity index (χ1) is 10.1. The van der Waals surface area contributed by atoms with Crippen molar-refractivity contribution in [3.8, 4) is 6.07 Å². The molecular weight excluding hydrogens is 268 g/mol. The quantitative estimate of drug-likeness (QED) is 0.830. The third-order valence-corrected chi connectivity index (χ3v) is 4.33. The second-order valence-corrected chi connectivity index (χ2v) is 5.52. The van der Waals surface area contributed by atoms with E-state index in [2.05, 4.69) is 5.32 Å². The average Bonchev–Trinajstić information content (AvgIpc) is 3.08. The predicted molar refractivity (Wildman–Crippen MR) is 75.1 cm³/mol. The molecule has 2 aliphatic carbocycles. The summed E-state index contributed by atoms with van der Waals surface area (Å²) in [7, 11) is 0. The first-order valence-electron chi connectivity index (χ1n) is 6.82. The van der Waals surface area contributed by atoms with Gasteiger partial charge in [0.25, 0.3) is 0 Å². The van der Waals surface area contributed by atoms with Gasteiger partial charge in [-0.3, -0.25) is 9.59 Å². The standard InChI is InChI=1S/C16H14N2O3/c17-8-9-1-5-12(6-2-9)18-15(19)13-10-3-4-11(7-10)14(13)16(20)21/h1-6,10-11,13-14H,7H2,(H,18,19)(H,20,21)/t10-,11-,13+,14-/m0/s1. The monoisotopic (exact) mass is 282 g/mol. The van der Waals surface area contributed by atoms with E-state index < -0.39 is 17.8 Å². The molecule has 5 nitrogen and oxygen atoms in total. The summed E-state index contributed by atoms with van der Waals surface area (Å²) in [5.74, 6) is -2.36. The number of anilines is 1. The number of carboxylic acids is 1. The fraction of sp³-hybridized carbons (Fsp3) is 0.312. The molecule has 0 saturated heterocycles. The number of carbonyl (C=O) groups excluding carboxylic acids is 1. The summed E-state index contributed by atoms with van der Waals surface area (Å²) in [6, 6.07) is 8.54. The molecule has 1 aromatic carbocycles. The van der Waals surface area contributed by atoms with Gasteiger partial charge < -0.3 is 10.4 Å². The van der Waals surface area contributed by atoms with Crippen molar-refractivity contribution in [2.45, 2.75) is 6.42 Å². The molecule has 5 heteroatoms. The Hall–Kier alpha value is -2.61. The number of benzene rings is 1. The molecule has 4 atom stereocenters. The van der Waals surface area contributed by atoms with E-state index in [0.717, 1.165) is 6.42 Å². The van der Waals surface area contributed by atoms with Gasteiger partial charge in [0, 0.05) is 5.69 Å². The van der Waals surface area contributed by atoms with Crippen molar-refractivity contribution in [2.24, 2.45) is 23.7 Å². The van der Waals surface area contributed by atoms with Crippen LogP contribution in [0.15, 0.2) is 36.4 Å². The highest BCUT2D eigenvalue weighted by Crippen LogP contribution is 2.48. The van der Waals surface area contributed by atoms with Gasteiger partial charge >= 0.3 is 5.97 Å². The SMILES string of the molecule is N#Cc1ccc(NC(=O)[C@H]2[C@@H](C(=O)O)[C@H]3C=C[C@H]2C3)cc1. The molecule has 3 rings (SSSR count). The van der Waals surface area contributed by atoms with Crippen LogP contribution >= 0.6 is 0 Å². The summed E-state index contributed by atoms with van der Waals surface area (Å²) in [6.07, 6.45) is 4.60. The number of fused-ring (bicyclic) bond motifs is 2. The number of nitrogens with zero attached hydrogens (tertiary/aromatic N) is 1. The van der Waals surface area contributed by atoms with Gasteiger partial charge in [-0.05, 0) is 42.5 Å². The van der Waals surface area contributed by atoms with Crippen LogP contribution in [0.3, 0.4) is 0 Å². The number of carboxylic acid groups (broad SMARTS) is 1. The molecule has 0 heterocycles. The van der Waals surface area contributed by atoms with E-state index >= 15 is 0 Å². The van der Waals surface area contributed by atoms with E-state index in [1.54, 1.807) is 24.3 Å². The first-order valence-corrected chi connectivity index (χ1v) is 6.82. The minimum atomic E-state index is -0.910. The molecule has 0 spiro atoms. The molecule has 0 unspecified atom stereocenters. The smallest absolute Gasteiger partial charge is 0.307 e. The molecule has 1 amide bonds. The van der Waals surface area contributed by atoms with Crippen molar-refractivity contribution in [2.75, 3.05) is 5.32 Å². The summed E-state index contributed by atoms with van der Waals surface area (Å²) >= 11 is 0. The van der Waals surface area contributed by atoms with Crippen molar-refractivity contribution >= 4 is 17.6 Å². The Bertz CT molecular complexity index is 657. The van der Waals surface area contributed by atoms with E-state index in [9.17, 15) is 14.7 Å². The van der Waals surface area contributed by atoms with E-state index in [1.807, 2.05) is 18.2 Å². The minimum Gasteiger partial charge on any atom is -0.481 e. The molecule has 1 saturated carbocycles. The van der Waals surface area contributed by atoms with E-state index in [1.165, 1.54) is 0 Å². The summed E-state index contributed by atoms with van der Waals surface area (Å²) < 4.78 is 0. The van der Waals surface area contributed by atoms with E-state index in [4.69, 9.17) is 5.26 Å². The highest BCUT2D eigenvalue weighted by molar-refractivity contribution is 5.96. The second kappa shape index (κ2) is 5.06. The number of hydrogen-bond donors (Lipinski definition) is 2. The molecule has 0 aromatic heterocycles. The third kappa shape index (κ3) is 2.29. The van der Waals surface area contributed by atoms with Gasteiger partial charge in [-0.2, -0.15) is 5.26 Å². The predicted octanol–water partition coefficient (Wildman–Crippen LogP) is 2.02. The maximum Gasteiger partial charge on any atom is 0.307 e. The van der Waals surface area contributed by atoms with Crippen LogP contribution in [-0.4, -0.2) is 17.0 Å². The molecule has 0 aliphatic heterocycles. The zero-order chi connectivity index (χ0) is 15.0. The number of nitriles is 1.